The number of hydrogen-bond acceptors (Lipinski definition) is 7. The Balaban J connectivity index is 1.33. The lowest BCUT2D eigenvalue weighted by atomic mass is 10.0. The molecular formula is C22H23N3O4S2. The zero-order valence-electron chi connectivity index (χ0n) is 17.2. The number of carbonyl (C=O) groups is 1. The van der Waals surface area contributed by atoms with Gasteiger partial charge in [-0.3, -0.25) is 14.2 Å². The third-order valence-electron chi connectivity index (χ3n) is 5.70. The van der Waals surface area contributed by atoms with E-state index in [2.05, 4.69) is 4.98 Å². The number of fused-ring (bicyclic) bond motifs is 2. The number of likely N-dealkylation sites (tertiary alicyclic amines) is 1. The van der Waals surface area contributed by atoms with Crippen molar-refractivity contribution >= 4 is 39.2 Å². The third kappa shape index (κ3) is 3.80. The lowest BCUT2D eigenvalue weighted by Gasteiger charge is -2.26. The van der Waals surface area contributed by atoms with Crippen molar-refractivity contribution in [2.45, 2.75) is 37.5 Å². The molecule has 1 unspecified atom stereocenters. The molecule has 31 heavy (non-hydrogen) atoms. The van der Waals surface area contributed by atoms with Crippen LogP contribution in [0.4, 0.5) is 0 Å². The van der Waals surface area contributed by atoms with Crippen LogP contribution in [-0.2, 0) is 11.3 Å². The second-order valence-corrected chi connectivity index (χ2v) is 9.37. The van der Waals surface area contributed by atoms with E-state index >= 15 is 0 Å². The summed E-state index contributed by atoms with van der Waals surface area (Å²) in [5.74, 6) is 1.82. The van der Waals surface area contributed by atoms with Gasteiger partial charge < -0.3 is 14.4 Å². The Hall–Kier alpha value is -2.52. The number of thiophene rings is 1. The van der Waals surface area contributed by atoms with Crippen molar-refractivity contribution in [1.82, 2.24) is 14.5 Å². The van der Waals surface area contributed by atoms with Gasteiger partial charge >= 0.3 is 0 Å². The van der Waals surface area contributed by atoms with Crippen LogP contribution >= 0.6 is 23.1 Å². The largest absolute Gasteiger partial charge is 0.486 e. The summed E-state index contributed by atoms with van der Waals surface area (Å²) in [4.78, 5) is 32.4. The van der Waals surface area contributed by atoms with Gasteiger partial charge in [0, 0.05) is 13.1 Å². The van der Waals surface area contributed by atoms with Crippen LogP contribution in [0.1, 0.15) is 31.4 Å². The summed E-state index contributed by atoms with van der Waals surface area (Å²) in [6.07, 6.45) is 1.89. The van der Waals surface area contributed by atoms with E-state index in [0.29, 0.717) is 35.1 Å². The highest BCUT2D eigenvalue weighted by Gasteiger charge is 2.31. The fourth-order valence-electron chi connectivity index (χ4n) is 4.20. The molecule has 1 fully saturated rings. The summed E-state index contributed by atoms with van der Waals surface area (Å²) in [7, 11) is 0. The van der Waals surface area contributed by atoms with E-state index in [9.17, 15) is 9.59 Å². The minimum atomic E-state index is -0.0345. The highest BCUT2D eigenvalue weighted by Crippen LogP contribution is 2.38. The van der Waals surface area contributed by atoms with Gasteiger partial charge in [0.05, 0.1) is 17.3 Å². The Labute approximate surface area is 188 Å². The molecule has 162 valence electrons. The number of rotatable bonds is 5. The highest BCUT2D eigenvalue weighted by atomic mass is 32.2. The molecule has 5 rings (SSSR count). The Morgan fingerprint density at radius 3 is 2.94 bits per heavy atom. The molecule has 1 amide bonds. The zero-order valence-corrected chi connectivity index (χ0v) is 18.8. The number of ether oxygens (including phenoxy) is 2. The molecule has 1 atom stereocenters. The molecule has 0 spiro atoms. The van der Waals surface area contributed by atoms with Gasteiger partial charge in [-0.1, -0.05) is 17.8 Å². The van der Waals surface area contributed by atoms with Gasteiger partial charge in [0.1, 0.15) is 17.9 Å². The standard InChI is InChI=1S/C22H23N3O4S2/c1-2-24-21(27)20-15(7-11-30-20)23-22(24)31-13-19(26)25-8-3-4-16(25)14-5-6-17-18(12-14)29-10-9-28-17/h5-7,11-12,16H,2-4,8-10,13H2,1H3. The van der Waals surface area contributed by atoms with Crippen molar-refractivity contribution in [3.63, 3.8) is 0 Å². The van der Waals surface area contributed by atoms with Crippen molar-refractivity contribution in [3.05, 3.63) is 45.6 Å². The molecule has 2 aliphatic heterocycles. The monoisotopic (exact) mass is 457 g/mol. The predicted octanol–water partition coefficient (Wildman–Crippen LogP) is 3.70. The molecule has 0 aliphatic carbocycles. The van der Waals surface area contributed by atoms with Crippen molar-refractivity contribution < 1.29 is 14.3 Å². The summed E-state index contributed by atoms with van der Waals surface area (Å²) < 4.78 is 13.6. The summed E-state index contributed by atoms with van der Waals surface area (Å²) in [5, 5.41) is 2.47. The molecule has 2 aliphatic rings. The van der Waals surface area contributed by atoms with E-state index in [-0.39, 0.29) is 23.3 Å². The van der Waals surface area contributed by atoms with Crippen LogP contribution in [0.5, 0.6) is 11.5 Å². The first kappa shape index (κ1) is 20.4. The van der Waals surface area contributed by atoms with Gasteiger partial charge in [0.2, 0.25) is 5.91 Å². The smallest absolute Gasteiger partial charge is 0.272 e. The molecule has 2 aromatic heterocycles. The summed E-state index contributed by atoms with van der Waals surface area (Å²) in [6.45, 7) is 4.29. The van der Waals surface area contributed by atoms with Gasteiger partial charge in [0.25, 0.3) is 5.56 Å². The number of amides is 1. The van der Waals surface area contributed by atoms with Crippen LogP contribution in [0.25, 0.3) is 10.2 Å². The Bertz CT molecular complexity index is 1190. The van der Waals surface area contributed by atoms with Gasteiger partial charge in [0.15, 0.2) is 16.7 Å². The average molecular weight is 458 g/mol. The van der Waals surface area contributed by atoms with Crippen LogP contribution in [0.15, 0.2) is 39.6 Å². The molecule has 1 saturated heterocycles. The maximum atomic E-state index is 13.1. The average Bonchev–Trinajstić information content (AvgIpc) is 3.47. The lowest BCUT2D eigenvalue weighted by Crippen LogP contribution is -2.32. The Morgan fingerprint density at radius 1 is 1.26 bits per heavy atom. The van der Waals surface area contributed by atoms with E-state index in [1.807, 2.05) is 41.5 Å². The number of thioether (sulfide) groups is 1. The molecule has 4 heterocycles. The predicted molar refractivity (Wildman–Crippen MR) is 121 cm³/mol. The molecule has 0 N–H and O–H groups in total. The lowest BCUT2D eigenvalue weighted by molar-refractivity contribution is -0.129. The minimum Gasteiger partial charge on any atom is -0.486 e. The van der Waals surface area contributed by atoms with Crippen molar-refractivity contribution in [1.29, 1.82) is 0 Å². The molecule has 7 nitrogen and oxygen atoms in total. The first-order valence-corrected chi connectivity index (χ1v) is 12.3. The minimum absolute atomic E-state index is 0.0320. The molecule has 0 radical (unpaired) electrons. The van der Waals surface area contributed by atoms with E-state index in [4.69, 9.17) is 9.47 Å². The fraction of sp³-hybridized carbons (Fsp3) is 0.409. The van der Waals surface area contributed by atoms with Gasteiger partial charge in [-0.2, -0.15) is 0 Å². The fourth-order valence-corrected chi connectivity index (χ4v) is 5.93. The van der Waals surface area contributed by atoms with Crippen LogP contribution in [0, 0.1) is 0 Å². The van der Waals surface area contributed by atoms with Gasteiger partial charge in [-0.25, -0.2) is 4.98 Å². The molecule has 0 bridgehead atoms. The first-order valence-electron chi connectivity index (χ1n) is 10.5. The quantitative estimate of drug-likeness (QED) is 0.430. The van der Waals surface area contributed by atoms with Crippen LogP contribution in [0.2, 0.25) is 0 Å². The van der Waals surface area contributed by atoms with Crippen LogP contribution in [-0.4, -0.2) is 45.9 Å². The first-order chi connectivity index (χ1) is 15.2. The van der Waals surface area contributed by atoms with E-state index < -0.39 is 0 Å². The normalized spacial score (nSPS) is 18.0. The number of benzene rings is 1. The summed E-state index contributed by atoms with van der Waals surface area (Å²) in [6, 6.07) is 7.84. The number of carbonyl (C=O) groups excluding carboxylic acids is 1. The van der Waals surface area contributed by atoms with Crippen molar-refractivity contribution in [2.24, 2.45) is 0 Å². The van der Waals surface area contributed by atoms with Crippen LogP contribution in [0.3, 0.4) is 0 Å². The maximum absolute atomic E-state index is 13.1. The van der Waals surface area contributed by atoms with Gasteiger partial charge in [-0.05, 0) is 48.9 Å². The SMILES string of the molecule is CCn1c(SCC(=O)N2CCCC2c2ccc3c(c2)OCCO3)nc2ccsc2c1=O. The molecular weight excluding hydrogens is 434 g/mol. The molecule has 3 aromatic rings. The second kappa shape index (κ2) is 8.55. The molecule has 9 heteroatoms. The zero-order chi connectivity index (χ0) is 21.4. The molecule has 0 saturated carbocycles. The third-order valence-corrected chi connectivity index (χ3v) is 7.55. The van der Waals surface area contributed by atoms with Crippen LogP contribution < -0.4 is 15.0 Å². The Morgan fingerprint density at radius 2 is 2.10 bits per heavy atom. The van der Waals surface area contributed by atoms with Gasteiger partial charge in [-0.15, -0.1) is 11.3 Å². The number of hydrogen-bond donors (Lipinski definition) is 0. The molecule has 1 aromatic carbocycles. The van der Waals surface area contributed by atoms with E-state index in [0.717, 1.165) is 36.4 Å². The number of nitrogens with zero attached hydrogens (tertiary/aromatic N) is 3. The second-order valence-electron chi connectivity index (χ2n) is 7.52. The summed E-state index contributed by atoms with van der Waals surface area (Å²) in [5.41, 5.74) is 1.74. The summed E-state index contributed by atoms with van der Waals surface area (Å²) >= 11 is 2.74. The van der Waals surface area contributed by atoms with E-state index in [1.54, 1.807) is 4.57 Å². The number of aromatic nitrogens is 2. The topological polar surface area (TPSA) is 73.7 Å². The van der Waals surface area contributed by atoms with E-state index in [1.165, 1.54) is 23.1 Å². The van der Waals surface area contributed by atoms with Crippen molar-refractivity contribution in [2.75, 3.05) is 25.5 Å². The highest BCUT2D eigenvalue weighted by molar-refractivity contribution is 7.99. The Kier molecular flexibility index (Phi) is 5.62. The maximum Gasteiger partial charge on any atom is 0.272 e. The van der Waals surface area contributed by atoms with Crippen molar-refractivity contribution in [3.8, 4) is 11.5 Å².